The summed E-state index contributed by atoms with van der Waals surface area (Å²) >= 11 is 0. The summed E-state index contributed by atoms with van der Waals surface area (Å²) < 4.78 is 27.1. The lowest BCUT2D eigenvalue weighted by atomic mass is 9.95. The van der Waals surface area contributed by atoms with Crippen LogP contribution in [0.25, 0.3) is 0 Å². The molecule has 1 aliphatic rings. The number of likely N-dealkylation sites (tertiary alicyclic amines) is 1. The number of nitrogens with one attached hydrogen (secondary N) is 1. The fourth-order valence-corrected chi connectivity index (χ4v) is 3.53. The highest BCUT2D eigenvalue weighted by atomic mass is 32.2. The monoisotopic (exact) mass is 285 g/mol. The van der Waals surface area contributed by atoms with Crippen LogP contribution in [0.5, 0.6) is 0 Å². The quantitative estimate of drug-likeness (QED) is 0.789. The summed E-state index contributed by atoms with van der Waals surface area (Å²) in [7, 11) is -1.54. The van der Waals surface area contributed by atoms with Gasteiger partial charge in [0.1, 0.15) is 4.90 Å². The Morgan fingerprint density at radius 1 is 1.42 bits per heavy atom. The second kappa shape index (κ2) is 5.40. The first-order chi connectivity index (χ1) is 8.88. The van der Waals surface area contributed by atoms with Gasteiger partial charge in [0.25, 0.3) is 0 Å². The van der Waals surface area contributed by atoms with E-state index in [1.165, 1.54) is 12.4 Å². The molecule has 0 saturated carbocycles. The van der Waals surface area contributed by atoms with Gasteiger partial charge in [-0.05, 0) is 25.9 Å². The average molecular weight is 285 g/mol. The van der Waals surface area contributed by atoms with Crippen molar-refractivity contribution in [1.82, 2.24) is 19.6 Å². The van der Waals surface area contributed by atoms with Crippen LogP contribution < -0.4 is 10.5 Å². The minimum atomic E-state index is -3.58. The third-order valence-corrected chi connectivity index (χ3v) is 4.82. The molecule has 2 atom stereocenters. The molecule has 0 aromatic carbocycles. The molecule has 1 fully saturated rings. The van der Waals surface area contributed by atoms with Crippen molar-refractivity contribution in [2.24, 2.45) is 5.92 Å². The van der Waals surface area contributed by atoms with E-state index in [1.807, 2.05) is 14.0 Å². The number of hydrogen-bond donors (Lipinski definition) is 2. The molecule has 7 nitrogen and oxygen atoms in total. The van der Waals surface area contributed by atoms with Gasteiger partial charge in [-0.2, -0.15) is 0 Å². The molecule has 0 spiro atoms. The lowest BCUT2D eigenvalue weighted by Crippen LogP contribution is -2.48. The van der Waals surface area contributed by atoms with Crippen LogP contribution in [0.4, 0.5) is 5.95 Å². The van der Waals surface area contributed by atoms with E-state index in [0.717, 1.165) is 19.5 Å². The molecule has 1 aromatic heterocycles. The molecule has 106 valence electrons. The van der Waals surface area contributed by atoms with Crippen LogP contribution in [0.3, 0.4) is 0 Å². The first-order valence-electron chi connectivity index (χ1n) is 6.17. The van der Waals surface area contributed by atoms with Crippen molar-refractivity contribution in [3.8, 4) is 0 Å². The molecule has 19 heavy (non-hydrogen) atoms. The van der Waals surface area contributed by atoms with Crippen molar-refractivity contribution in [2.45, 2.75) is 24.3 Å². The maximum atomic E-state index is 12.2. The molecule has 2 rings (SSSR count). The summed E-state index contributed by atoms with van der Waals surface area (Å²) in [5.41, 5.74) is 5.35. The molecule has 1 aliphatic heterocycles. The number of hydrogen-bond acceptors (Lipinski definition) is 6. The lowest BCUT2D eigenvalue weighted by molar-refractivity contribution is 0.188. The number of nitrogens with two attached hydrogens (primary N) is 1. The number of anilines is 1. The lowest BCUT2D eigenvalue weighted by Gasteiger charge is -2.34. The average Bonchev–Trinajstić information content (AvgIpc) is 2.33. The molecule has 0 radical (unpaired) electrons. The summed E-state index contributed by atoms with van der Waals surface area (Å²) in [5.74, 6) is 0.329. The zero-order valence-electron chi connectivity index (χ0n) is 11.1. The summed E-state index contributed by atoms with van der Waals surface area (Å²) in [5, 5.41) is 0. The fraction of sp³-hybridized carbons (Fsp3) is 0.636. The normalized spacial score (nSPS) is 25.4. The van der Waals surface area contributed by atoms with Crippen molar-refractivity contribution in [1.29, 1.82) is 0 Å². The van der Waals surface area contributed by atoms with Gasteiger partial charge < -0.3 is 10.6 Å². The maximum Gasteiger partial charge on any atom is 0.243 e. The third-order valence-electron chi connectivity index (χ3n) is 3.37. The third kappa shape index (κ3) is 3.40. The highest BCUT2D eigenvalue weighted by molar-refractivity contribution is 7.89. The Labute approximate surface area is 113 Å². The van der Waals surface area contributed by atoms with Gasteiger partial charge in [-0.3, -0.25) is 0 Å². The zero-order valence-corrected chi connectivity index (χ0v) is 11.9. The summed E-state index contributed by atoms with van der Waals surface area (Å²) in [6, 6.07) is -0.0567. The Morgan fingerprint density at radius 2 is 2.05 bits per heavy atom. The van der Waals surface area contributed by atoms with Crippen LogP contribution in [0.1, 0.15) is 13.3 Å². The molecule has 2 unspecified atom stereocenters. The van der Waals surface area contributed by atoms with E-state index >= 15 is 0 Å². The standard InChI is InChI=1S/C11H19N5O2S/c1-8-7-16(2)4-3-10(8)15-19(17,18)9-5-13-11(12)14-6-9/h5-6,8,10,15H,3-4,7H2,1-2H3,(H2,12,13,14). The summed E-state index contributed by atoms with van der Waals surface area (Å²) in [6.07, 6.45) is 3.25. The highest BCUT2D eigenvalue weighted by Gasteiger charge is 2.28. The minimum absolute atomic E-state index is 0.0489. The van der Waals surface area contributed by atoms with Crippen molar-refractivity contribution < 1.29 is 8.42 Å². The van der Waals surface area contributed by atoms with Crippen LogP contribution in [-0.4, -0.2) is 49.5 Å². The number of sulfonamides is 1. The zero-order chi connectivity index (χ0) is 14.0. The molecular weight excluding hydrogens is 266 g/mol. The largest absolute Gasteiger partial charge is 0.368 e. The van der Waals surface area contributed by atoms with Gasteiger partial charge in [0.05, 0.1) is 12.4 Å². The predicted octanol–water partition coefficient (Wildman–Crippen LogP) is -0.323. The predicted molar refractivity (Wildman–Crippen MR) is 71.8 cm³/mol. The highest BCUT2D eigenvalue weighted by Crippen LogP contribution is 2.18. The second-order valence-electron chi connectivity index (χ2n) is 5.03. The van der Waals surface area contributed by atoms with Gasteiger partial charge in [-0.25, -0.2) is 23.1 Å². The Morgan fingerprint density at radius 3 is 2.63 bits per heavy atom. The van der Waals surface area contributed by atoms with Crippen LogP contribution in [0.2, 0.25) is 0 Å². The first kappa shape index (κ1) is 14.2. The number of nitrogens with zero attached hydrogens (tertiary/aromatic N) is 3. The van der Waals surface area contributed by atoms with Gasteiger partial charge in [0.15, 0.2) is 0 Å². The Hall–Kier alpha value is -1.25. The van der Waals surface area contributed by atoms with Crippen molar-refractivity contribution in [3.05, 3.63) is 12.4 Å². The Bertz CT molecular complexity index is 531. The van der Waals surface area contributed by atoms with Crippen LogP contribution in [0.15, 0.2) is 17.3 Å². The van der Waals surface area contributed by atoms with E-state index in [9.17, 15) is 8.42 Å². The first-order valence-corrected chi connectivity index (χ1v) is 7.65. The van der Waals surface area contributed by atoms with E-state index in [-0.39, 0.29) is 22.8 Å². The minimum Gasteiger partial charge on any atom is -0.368 e. The number of aromatic nitrogens is 2. The number of nitrogen functional groups attached to an aromatic ring is 1. The maximum absolute atomic E-state index is 12.2. The van der Waals surface area contributed by atoms with Crippen LogP contribution in [0, 0.1) is 5.92 Å². The number of piperidine rings is 1. The SMILES string of the molecule is CC1CN(C)CCC1NS(=O)(=O)c1cnc(N)nc1. The molecule has 2 heterocycles. The molecule has 0 bridgehead atoms. The van der Waals surface area contributed by atoms with E-state index in [2.05, 4.69) is 19.6 Å². The molecule has 8 heteroatoms. The van der Waals surface area contributed by atoms with E-state index in [1.54, 1.807) is 0 Å². The molecule has 0 amide bonds. The van der Waals surface area contributed by atoms with Gasteiger partial charge >= 0.3 is 0 Å². The van der Waals surface area contributed by atoms with Gasteiger partial charge in [-0.1, -0.05) is 6.92 Å². The van der Waals surface area contributed by atoms with Crippen molar-refractivity contribution >= 4 is 16.0 Å². The Balaban J connectivity index is 2.11. The van der Waals surface area contributed by atoms with Crippen molar-refractivity contribution in [2.75, 3.05) is 25.9 Å². The van der Waals surface area contributed by atoms with E-state index in [0.29, 0.717) is 0 Å². The topological polar surface area (TPSA) is 101 Å². The second-order valence-corrected chi connectivity index (χ2v) is 6.75. The smallest absolute Gasteiger partial charge is 0.243 e. The molecule has 0 aliphatic carbocycles. The molecule has 3 N–H and O–H groups in total. The van der Waals surface area contributed by atoms with Crippen LogP contribution >= 0.6 is 0 Å². The Kier molecular flexibility index (Phi) is 4.02. The molecule has 1 saturated heterocycles. The van der Waals surface area contributed by atoms with E-state index in [4.69, 9.17) is 5.73 Å². The van der Waals surface area contributed by atoms with Gasteiger partial charge in [0, 0.05) is 12.6 Å². The van der Waals surface area contributed by atoms with Crippen molar-refractivity contribution in [3.63, 3.8) is 0 Å². The van der Waals surface area contributed by atoms with E-state index < -0.39 is 10.0 Å². The molecule has 1 aromatic rings. The molecular formula is C11H19N5O2S. The summed E-state index contributed by atoms with van der Waals surface area (Å²) in [6.45, 7) is 3.81. The summed E-state index contributed by atoms with van der Waals surface area (Å²) in [4.78, 5) is 9.66. The van der Waals surface area contributed by atoms with Gasteiger partial charge in [-0.15, -0.1) is 0 Å². The fourth-order valence-electron chi connectivity index (χ4n) is 2.26. The number of rotatable bonds is 3. The van der Waals surface area contributed by atoms with Crippen LogP contribution in [-0.2, 0) is 10.0 Å². The van der Waals surface area contributed by atoms with Gasteiger partial charge in [0.2, 0.25) is 16.0 Å².